The van der Waals surface area contributed by atoms with Crippen molar-refractivity contribution in [3.63, 3.8) is 0 Å². The van der Waals surface area contributed by atoms with Gasteiger partial charge < -0.3 is 4.74 Å². The lowest BCUT2D eigenvalue weighted by Gasteiger charge is -2.07. The average molecular weight is 232 g/mol. The van der Waals surface area contributed by atoms with Crippen LogP contribution in [0.5, 0.6) is 0 Å². The third-order valence-electron chi connectivity index (χ3n) is 1.40. The molecule has 6 heteroatoms. The van der Waals surface area contributed by atoms with Gasteiger partial charge in [0.05, 0.1) is 13.0 Å². The number of carbonyl (C=O) groups is 1. The summed E-state index contributed by atoms with van der Waals surface area (Å²) in [6, 6.07) is 0. The van der Waals surface area contributed by atoms with Gasteiger partial charge in [-0.05, 0) is 6.92 Å². The van der Waals surface area contributed by atoms with Gasteiger partial charge in [0.1, 0.15) is 5.51 Å². The normalized spacial score (nSPS) is 12.4. The van der Waals surface area contributed by atoms with E-state index < -0.39 is 0 Å². The first-order valence-corrected chi connectivity index (χ1v) is 6.06. The van der Waals surface area contributed by atoms with E-state index in [1.807, 2.05) is 6.92 Å². The van der Waals surface area contributed by atoms with Crippen LogP contribution >= 0.6 is 23.1 Å². The van der Waals surface area contributed by atoms with Crippen LogP contribution in [0, 0.1) is 0 Å². The Morgan fingerprint density at radius 1 is 1.79 bits per heavy atom. The summed E-state index contributed by atoms with van der Waals surface area (Å²) in [5.74, 6) is -0.156. The summed E-state index contributed by atoms with van der Waals surface area (Å²) in [7, 11) is 0. The minimum absolute atomic E-state index is 0.156. The van der Waals surface area contributed by atoms with Crippen LogP contribution in [0.25, 0.3) is 0 Å². The number of nitrogens with zero attached hydrogens (tertiary/aromatic N) is 2. The van der Waals surface area contributed by atoms with Gasteiger partial charge in [0.25, 0.3) is 0 Å². The highest BCUT2D eigenvalue weighted by molar-refractivity contribution is 8.01. The molecule has 1 rings (SSSR count). The second-order valence-corrected chi connectivity index (χ2v) is 5.16. The van der Waals surface area contributed by atoms with Gasteiger partial charge in [-0.2, -0.15) is 0 Å². The van der Waals surface area contributed by atoms with Gasteiger partial charge in [-0.25, -0.2) is 0 Å². The third-order valence-corrected chi connectivity index (χ3v) is 3.31. The fourth-order valence-electron chi connectivity index (χ4n) is 0.883. The molecule has 0 radical (unpaired) electrons. The number of ether oxygens (including phenoxy) is 1. The van der Waals surface area contributed by atoms with Crippen molar-refractivity contribution in [2.75, 3.05) is 6.61 Å². The van der Waals surface area contributed by atoms with E-state index in [0.717, 1.165) is 4.34 Å². The zero-order valence-electron chi connectivity index (χ0n) is 8.10. The maximum atomic E-state index is 11.1. The van der Waals surface area contributed by atoms with Gasteiger partial charge in [0.15, 0.2) is 4.34 Å². The van der Waals surface area contributed by atoms with Crippen molar-refractivity contribution in [3.8, 4) is 0 Å². The quantitative estimate of drug-likeness (QED) is 0.574. The van der Waals surface area contributed by atoms with E-state index >= 15 is 0 Å². The van der Waals surface area contributed by atoms with Crippen molar-refractivity contribution in [2.45, 2.75) is 29.9 Å². The van der Waals surface area contributed by atoms with Crippen molar-refractivity contribution in [3.05, 3.63) is 5.51 Å². The number of aromatic nitrogens is 2. The van der Waals surface area contributed by atoms with Gasteiger partial charge in [0.2, 0.25) is 0 Å². The molecule has 78 valence electrons. The van der Waals surface area contributed by atoms with Crippen molar-refractivity contribution < 1.29 is 9.53 Å². The molecular weight excluding hydrogens is 220 g/mol. The smallest absolute Gasteiger partial charge is 0.306 e. The fraction of sp³-hybridized carbons (Fsp3) is 0.625. The van der Waals surface area contributed by atoms with Crippen LogP contribution < -0.4 is 0 Å². The number of rotatable bonds is 5. The third kappa shape index (κ3) is 4.06. The summed E-state index contributed by atoms with van der Waals surface area (Å²) in [6.45, 7) is 4.22. The molecule has 4 nitrogen and oxygen atoms in total. The first-order valence-electron chi connectivity index (χ1n) is 4.30. The predicted molar refractivity (Wildman–Crippen MR) is 56.5 cm³/mol. The van der Waals surface area contributed by atoms with E-state index in [1.165, 1.54) is 11.3 Å². The van der Waals surface area contributed by atoms with Gasteiger partial charge >= 0.3 is 5.97 Å². The monoisotopic (exact) mass is 232 g/mol. The molecule has 0 aromatic carbocycles. The molecule has 0 fully saturated rings. The second-order valence-electron chi connectivity index (χ2n) is 2.64. The molecule has 0 aliphatic heterocycles. The Bertz CT molecular complexity index is 277. The van der Waals surface area contributed by atoms with E-state index in [4.69, 9.17) is 4.74 Å². The molecule has 0 saturated carbocycles. The standard InChI is InChI=1S/C8H12N2O2S2/c1-3-12-7(11)4-6(2)14-8-10-9-5-13-8/h5-6H,3-4H2,1-2H3. The Hall–Kier alpha value is -0.620. The summed E-state index contributed by atoms with van der Waals surface area (Å²) < 4.78 is 5.74. The van der Waals surface area contributed by atoms with Crippen LogP contribution in [-0.4, -0.2) is 28.0 Å². The molecule has 0 aliphatic rings. The van der Waals surface area contributed by atoms with E-state index in [2.05, 4.69) is 10.2 Å². The second kappa shape index (κ2) is 5.98. The van der Waals surface area contributed by atoms with E-state index in [-0.39, 0.29) is 11.2 Å². The highest BCUT2D eigenvalue weighted by atomic mass is 32.2. The van der Waals surface area contributed by atoms with Crippen molar-refractivity contribution >= 4 is 29.1 Å². The van der Waals surface area contributed by atoms with Crippen LogP contribution in [-0.2, 0) is 9.53 Å². The molecule has 14 heavy (non-hydrogen) atoms. The van der Waals surface area contributed by atoms with Gasteiger partial charge in [-0.3, -0.25) is 4.79 Å². The first-order chi connectivity index (χ1) is 6.72. The number of hydrogen-bond donors (Lipinski definition) is 0. The topological polar surface area (TPSA) is 52.1 Å². The first kappa shape index (κ1) is 11.5. The van der Waals surface area contributed by atoms with E-state index in [1.54, 1.807) is 24.2 Å². The van der Waals surface area contributed by atoms with Gasteiger partial charge in [-0.1, -0.05) is 30.0 Å². The molecule has 1 aromatic heterocycles. The Kier molecular flexibility index (Phi) is 4.89. The lowest BCUT2D eigenvalue weighted by molar-refractivity contribution is -0.142. The number of carbonyl (C=O) groups excluding carboxylic acids is 1. The average Bonchev–Trinajstić information content (AvgIpc) is 2.56. The Morgan fingerprint density at radius 2 is 2.57 bits per heavy atom. The Morgan fingerprint density at radius 3 is 3.14 bits per heavy atom. The van der Waals surface area contributed by atoms with Crippen molar-refractivity contribution in [2.24, 2.45) is 0 Å². The highest BCUT2D eigenvalue weighted by Gasteiger charge is 2.12. The summed E-state index contributed by atoms with van der Waals surface area (Å²) >= 11 is 3.03. The Labute approximate surface area is 91.1 Å². The maximum absolute atomic E-state index is 11.1. The fourth-order valence-corrected chi connectivity index (χ4v) is 2.66. The van der Waals surface area contributed by atoms with Crippen LogP contribution in [0.15, 0.2) is 9.85 Å². The molecular formula is C8H12N2O2S2. The van der Waals surface area contributed by atoms with Crippen molar-refractivity contribution in [1.29, 1.82) is 0 Å². The van der Waals surface area contributed by atoms with Crippen LogP contribution in [0.3, 0.4) is 0 Å². The minimum atomic E-state index is -0.156. The molecule has 0 spiro atoms. The zero-order chi connectivity index (χ0) is 10.4. The Balaban J connectivity index is 2.29. The zero-order valence-corrected chi connectivity index (χ0v) is 9.73. The summed E-state index contributed by atoms with van der Waals surface area (Å²) in [6.07, 6.45) is 0.415. The van der Waals surface area contributed by atoms with Crippen molar-refractivity contribution in [1.82, 2.24) is 10.2 Å². The number of esters is 1. The number of thioether (sulfide) groups is 1. The molecule has 1 aromatic rings. The molecule has 1 unspecified atom stereocenters. The summed E-state index contributed by atoms with van der Waals surface area (Å²) in [5.41, 5.74) is 1.68. The lowest BCUT2D eigenvalue weighted by atomic mass is 10.3. The SMILES string of the molecule is CCOC(=O)CC(C)Sc1nncs1. The molecule has 0 amide bonds. The van der Waals surface area contributed by atoms with Crippen LogP contribution in [0.1, 0.15) is 20.3 Å². The molecule has 1 atom stereocenters. The van der Waals surface area contributed by atoms with Crippen LogP contribution in [0.4, 0.5) is 0 Å². The minimum Gasteiger partial charge on any atom is -0.466 e. The van der Waals surface area contributed by atoms with Crippen LogP contribution in [0.2, 0.25) is 0 Å². The van der Waals surface area contributed by atoms with Gasteiger partial charge in [-0.15, -0.1) is 10.2 Å². The predicted octanol–water partition coefficient (Wildman–Crippen LogP) is 1.97. The maximum Gasteiger partial charge on any atom is 0.306 e. The highest BCUT2D eigenvalue weighted by Crippen LogP contribution is 2.25. The molecule has 0 saturated heterocycles. The summed E-state index contributed by atoms with van der Waals surface area (Å²) in [5, 5.41) is 7.79. The molecule has 0 bridgehead atoms. The lowest BCUT2D eigenvalue weighted by Crippen LogP contribution is -2.10. The molecule has 1 heterocycles. The summed E-state index contributed by atoms with van der Waals surface area (Å²) in [4.78, 5) is 11.1. The number of hydrogen-bond acceptors (Lipinski definition) is 6. The van der Waals surface area contributed by atoms with E-state index in [0.29, 0.717) is 13.0 Å². The molecule has 0 N–H and O–H groups in total. The molecule has 0 aliphatic carbocycles. The van der Waals surface area contributed by atoms with E-state index in [9.17, 15) is 4.79 Å². The van der Waals surface area contributed by atoms with Gasteiger partial charge in [0, 0.05) is 5.25 Å². The largest absolute Gasteiger partial charge is 0.466 e.